The molecule has 0 saturated carbocycles. The Bertz CT molecular complexity index is 3030. The zero-order valence-electron chi connectivity index (χ0n) is 27.0. The molecule has 0 spiro atoms. The van der Waals surface area contributed by atoms with E-state index in [1.54, 1.807) is 0 Å². The molecule has 3 nitrogen and oxygen atoms in total. The summed E-state index contributed by atoms with van der Waals surface area (Å²) in [5.41, 5.74) is 9.39. The Morgan fingerprint density at radius 2 is 1.10 bits per heavy atom. The van der Waals surface area contributed by atoms with Gasteiger partial charge in [-0.3, -0.25) is 0 Å². The molecule has 232 valence electrons. The van der Waals surface area contributed by atoms with Crippen molar-refractivity contribution in [2.24, 2.45) is 0 Å². The summed E-state index contributed by atoms with van der Waals surface area (Å²) < 4.78 is 6.69. The quantitative estimate of drug-likeness (QED) is 0.139. The van der Waals surface area contributed by atoms with E-state index in [-0.39, 0.29) is 0 Å². The van der Waals surface area contributed by atoms with Gasteiger partial charge in [-0.2, -0.15) is 0 Å². The maximum atomic E-state index is 6.69. The van der Waals surface area contributed by atoms with Gasteiger partial charge in [0.1, 0.15) is 5.58 Å². The highest BCUT2D eigenvalue weighted by Crippen LogP contribution is 2.49. The Morgan fingerprint density at radius 1 is 0.400 bits per heavy atom. The van der Waals surface area contributed by atoms with Gasteiger partial charge in [-0.15, -0.1) is 0 Å². The Hall–Kier alpha value is -6.71. The van der Waals surface area contributed by atoms with Crippen LogP contribution in [-0.2, 0) is 0 Å². The van der Waals surface area contributed by atoms with Gasteiger partial charge >= 0.3 is 0 Å². The Labute approximate surface area is 287 Å². The van der Waals surface area contributed by atoms with Crippen LogP contribution in [0.5, 0.6) is 0 Å². The normalized spacial score (nSPS) is 12.0. The van der Waals surface area contributed by atoms with E-state index in [9.17, 15) is 0 Å². The minimum absolute atomic E-state index is 0.686. The van der Waals surface area contributed by atoms with Gasteiger partial charge in [0.15, 0.2) is 0 Å². The molecular weight excluding hydrogens is 609 g/mol. The first-order chi connectivity index (χ1) is 24.8. The van der Waals surface area contributed by atoms with Gasteiger partial charge in [-0.05, 0) is 109 Å². The number of nitrogens with zero attached hydrogens (tertiary/aromatic N) is 2. The van der Waals surface area contributed by atoms with Crippen molar-refractivity contribution in [2.45, 2.75) is 0 Å². The minimum Gasteiger partial charge on any atom is -0.437 e. The van der Waals surface area contributed by atoms with Crippen molar-refractivity contribution in [3.05, 3.63) is 170 Å². The standard InChI is InChI=1S/C47H28N2O/c1-2-12-36(13-3-1)49(37-22-20-30(21-23-37)33-18-16-29-8-4-5-9-32(29)26-33)38-14-6-11-34(27-38)41-28-35-19-17-31-10-7-15-39-40-24-25-48-47-44(40)45(46(41)50-47)43(35)42(31)39/h1-28H. The molecule has 0 aliphatic carbocycles. The van der Waals surface area contributed by atoms with Crippen LogP contribution in [-0.4, -0.2) is 4.98 Å². The second-order valence-electron chi connectivity index (χ2n) is 13.2. The Morgan fingerprint density at radius 3 is 2.00 bits per heavy atom. The van der Waals surface area contributed by atoms with Crippen molar-refractivity contribution in [3.8, 4) is 22.3 Å². The van der Waals surface area contributed by atoms with Crippen LogP contribution in [0.2, 0.25) is 0 Å². The van der Waals surface area contributed by atoms with Crippen LogP contribution in [0.3, 0.4) is 0 Å². The molecule has 0 aliphatic heterocycles. The monoisotopic (exact) mass is 636 g/mol. The minimum atomic E-state index is 0.686. The largest absolute Gasteiger partial charge is 0.437 e. The van der Waals surface area contributed by atoms with Crippen molar-refractivity contribution in [3.63, 3.8) is 0 Å². The molecule has 0 unspecified atom stereocenters. The number of hydrogen-bond acceptors (Lipinski definition) is 3. The van der Waals surface area contributed by atoms with Crippen LogP contribution in [0.25, 0.3) is 87.4 Å². The van der Waals surface area contributed by atoms with Crippen LogP contribution in [0.15, 0.2) is 174 Å². The molecule has 3 heteroatoms. The Kier molecular flexibility index (Phi) is 5.67. The third kappa shape index (κ3) is 3.95. The predicted molar refractivity (Wildman–Crippen MR) is 209 cm³/mol. The third-order valence-corrected chi connectivity index (χ3v) is 10.4. The highest BCUT2D eigenvalue weighted by atomic mass is 16.3. The molecule has 0 radical (unpaired) electrons. The molecule has 0 saturated heterocycles. The molecule has 11 rings (SSSR count). The molecular formula is C47H28N2O. The maximum Gasteiger partial charge on any atom is 0.227 e. The van der Waals surface area contributed by atoms with E-state index in [1.165, 1.54) is 54.2 Å². The topological polar surface area (TPSA) is 29.3 Å². The first-order valence-corrected chi connectivity index (χ1v) is 17.0. The van der Waals surface area contributed by atoms with Gasteiger partial charge in [-0.25, -0.2) is 4.98 Å². The maximum absolute atomic E-state index is 6.69. The predicted octanol–water partition coefficient (Wildman–Crippen LogP) is 13.3. The van der Waals surface area contributed by atoms with Crippen molar-refractivity contribution in [2.75, 3.05) is 4.90 Å². The number of hydrogen-bond donors (Lipinski definition) is 0. The summed E-state index contributed by atoms with van der Waals surface area (Å²) in [5.74, 6) is 0. The van der Waals surface area contributed by atoms with Crippen LogP contribution in [0, 0.1) is 0 Å². The first kappa shape index (κ1) is 27.3. The lowest BCUT2D eigenvalue weighted by atomic mass is 9.88. The average molecular weight is 637 g/mol. The zero-order chi connectivity index (χ0) is 32.8. The fraction of sp³-hybridized carbons (Fsp3) is 0. The third-order valence-electron chi connectivity index (χ3n) is 10.4. The molecule has 0 aliphatic rings. The SMILES string of the molecule is c1ccc(N(c2ccc(-c3ccc4ccccc4c3)cc2)c2cccc(-c3cc4ccc5cccc6c7ccnc8oc3c(c87)c4c56)c2)cc1. The molecule has 0 fully saturated rings. The van der Waals surface area contributed by atoms with E-state index < -0.39 is 0 Å². The molecule has 2 heterocycles. The number of fused-ring (bicyclic) bond motifs is 2. The summed E-state index contributed by atoms with van der Waals surface area (Å²) in [6.07, 6.45) is 1.87. The van der Waals surface area contributed by atoms with Gasteiger partial charge < -0.3 is 9.32 Å². The van der Waals surface area contributed by atoms with E-state index in [0.29, 0.717) is 5.71 Å². The number of benzene rings is 9. The summed E-state index contributed by atoms with van der Waals surface area (Å²) in [7, 11) is 0. The molecule has 2 aromatic heterocycles. The van der Waals surface area contributed by atoms with E-state index in [2.05, 4.69) is 169 Å². The highest BCUT2D eigenvalue weighted by Gasteiger charge is 2.24. The van der Waals surface area contributed by atoms with Gasteiger partial charge in [0, 0.05) is 39.6 Å². The summed E-state index contributed by atoms with van der Waals surface area (Å²) in [6.45, 7) is 0. The van der Waals surface area contributed by atoms with Gasteiger partial charge in [0.25, 0.3) is 0 Å². The van der Waals surface area contributed by atoms with Crippen LogP contribution < -0.4 is 4.90 Å². The summed E-state index contributed by atoms with van der Waals surface area (Å²) >= 11 is 0. The van der Waals surface area contributed by atoms with Crippen molar-refractivity contribution >= 4 is 82.2 Å². The molecule has 0 amide bonds. The molecule has 0 bridgehead atoms. The van der Waals surface area contributed by atoms with E-state index in [4.69, 9.17) is 9.40 Å². The van der Waals surface area contributed by atoms with E-state index >= 15 is 0 Å². The van der Waals surface area contributed by atoms with Crippen LogP contribution >= 0.6 is 0 Å². The van der Waals surface area contributed by atoms with Gasteiger partial charge in [-0.1, -0.05) is 109 Å². The van der Waals surface area contributed by atoms with Crippen LogP contribution in [0.1, 0.15) is 0 Å². The van der Waals surface area contributed by atoms with Gasteiger partial charge in [0.2, 0.25) is 5.71 Å². The smallest absolute Gasteiger partial charge is 0.227 e. The lowest BCUT2D eigenvalue weighted by Gasteiger charge is -2.26. The summed E-state index contributed by atoms with van der Waals surface area (Å²) in [6, 6.07) is 59.0. The number of furan rings is 1. The molecule has 11 aromatic rings. The number of aromatic nitrogens is 1. The van der Waals surface area contributed by atoms with Crippen molar-refractivity contribution in [1.82, 2.24) is 4.98 Å². The van der Waals surface area contributed by atoms with Crippen molar-refractivity contribution in [1.29, 1.82) is 0 Å². The van der Waals surface area contributed by atoms with E-state index in [0.717, 1.165) is 44.5 Å². The first-order valence-electron chi connectivity index (χ1n) is 17.0. The van der Waals surface area contributed by atoms with Crippen LogP contribution in [0.4, 0.5) is 17.1 Å². The Balaban J connectivity index is 1.08. The highest BCUT2D eigenvalue weighted by molar-refractivity contribution is 6.40. The molecule has 9 aromatic carbocycles. The number of rotatable bonds is 5. The second-order valence-corrected chi connectivity index (χ2v) is 13.2. The van der Waals surface area contributed by atoms with E-state index in [1.807, 2.05) is 6.20 Å². The fourth-order valence-corrected chi connectivity index (χ4v) is 8.13. The number of anilines is 3. The molecule has 50 heavy (non-hydrogen) atoms. The summed E-state index contributed by atoms with van der Waals surface area (Å²) in [5, 5.41) is 12.2. The number of pyridine rings is 1. The van der Waals surface area contributed by atoms with Gasteiger partial charge in [0.05, 0.1) is 5.39 Å². The fourth-order valence-electron chi connectivity index (χ4n) is 8.13. The molecule has 0 atom stereocenters. The van der Waals surface area contributed by atoms with Crippen molar-refractivity contribution < 1.29 is 4.42 Å². The summed E-state index contributed by atoms with van der Waals surface area (Å²) in [4.78, 5) is 7.03. The second kappa shape index (κ2) is 10.4. The average Bonchev–Trinajstić information content (AvgIpc) is 3.58. The zero-order valence-corrected chi connectivity index (χ0v) is 27.0. The lowest BCUT2D eigenvalue weighted by Crippen LogP contribution is -2.09. The number of para-hydroxylation sites is 1. The molecule has 0 N–H and O–H groups in total. The lowest BCUT2D eigenvalue weighted by molar-refractivity contribution is 0.655.